The monoisotopic (exact) mass is 397 g/mol. The van der Waals surface area contributed by atoms with E-state index in [9.17, 15) is 14.4 Å². The molecule has 2 rings (SSSR count). The van der Waals surface area contributed by atoms with Crippen molar-refractivity contribution in [2.75, 3.05) is 18.5 Å². The Balaban J connectivity index is 1.59. The number of esters is 2. The summed E-state index contributed by atoms with van der Waals surface area (Å²) in [6.45, 7) is 2.44. The Morgan fingerprint density at radius 1 is 0.862 bits per heavy atom. The Morgan fingerprint density at radius 2 is 1.59 bits per heavy atom. The maximum absolute atomic E-state index is 12.0. The summed E-state index contributed by atoms with van der Waals surface area (Å²) in [4.78, 5) is 35.3. The van der Waals surface area contributed by atoms with Crippen molar-refractivity contribution in [3.63, 3.8) is 0 Å². The molecule has 6 heteroatoms. The summed E-state index contributed by atoms with van der Waals surface area (Å²) in [5.74, 6) is -0.872. The molecule has 0 unspecified atom stereocenters. The number of carbonyl (C=O) groups is 3. The zero-order valence-electron chi connectivity index (χ0n) is 16.7. The lowest BCUT2D eigenvalue weighted by atomic mass is 10.1. The number of hydrogen-bond donors (Lipinski definition) is 1. The molecule has 2 aromatic carbocycles. The molecule has 0 saturated carbocycles. The average Bonchev–Trinajstić information content (AvgIpc) is 2.73. The first-order valence-electron chi connectivity index (χ1n) is 9.85. The second kappa shape index (κ2) is 12.3. The van der Waals surface area contributed by atoms with Crippen LogP contribution in [0.15, 0.2) is 54.6 Å². The first-order valence-corrected chi connectivity index (χ1v) is 9.85. The molecule has 6 nitrogen and oxygen atoms in total. The minimum Gasteiger partial charge on any atom is -0.466 e. The standard InChI is InChI=1S/C23H27NO5/c1-2-28-23(27)19-13-15-20(16-14-19)24-21(25)11-6-12-22(26)29-17-7-10-18-8-4-3-5-9-18/h3-5,8-9,13-16H,2,6-7,10-12,17H2,1H3,(H,24,25). The van der Waals surface area contributed by atoms with E-state index in [1.165, 1.54) is 5.56 Å². The normalized spacial score (nSPS) is 10.2. The molecule has 0 aromatic heterocycles. The van der Waals surface area contributed by atoms with E-state index in [-0.39, 0.29) is 24.7 Å². The van der Waals surface area contributed by atoms with Gasteiger partial charge in [0.1, 0.15) is 0 Å². The molecule has 0 aliphatic carbocycles. The quantitative estimate of drug-likeness (QED) is 0.455. The Morgan fingerprint density at radius 3 is 2.28 bits per heavy atom. The molecule has 0 saturated heterocycles. The Bertz CT molecular complexity index is 787. The molecule has 0 bridgehead atoms. The van der Waals surface area contributed by atoms with Crippen LogP contribution >= 0.6 is 0 Å². The van der Waals surface area contributed by atoms with Gasteiger partial charge < -0.3 is 14.8 Å². The van der Waals surface area contributed by atoms with Gasteiger partial charge in [0, 0.05) is 18.5 Å². The molecule has 0 fully saturated rings. The summed E-state index contributed by atoms with van der Waals surface area (Å²) >= 11 is 0. The van der Waals surface area contributed by atoms with Gasteiger partial charge in [0.2, 0.25) is 5.91 Å². The Kier molecular flexibility index (Phi) is 9.42. The van der Waals surface area contributed by atoms with Gasteiger partial charge in [-0.3, -0.25) is 9.59 Å². The van der Waals surface area contributed by atoms with E-state index in [4.69, 9.17) is 9.47 Å². The highest BCUT2D eigenvalue weighted by atomic mass is 16.5. The van der Waals surface area contributed by atoms with Gasteiger partial charge in [-0.05, 0) is 56.0 Å². The third kappa shape index (κ3) is 8.60. The second-order valence-electron chi connectivity index (χ2n) is 6.51. The van der Waals surface area contributed by atoms with Crippen LogP contribution in [-0.2, 0) is 25.5 Å². The summed E-state index contributed by atoms with van der Waals surface area (Å²) in [5, 5.41) is 2.74. The molecular formula is C23H27NO5. The average molecular weight is 397 g/mol. The molecular weight excluding hydrogens is 370 g/mol. The number of hydrogen-bond acceptors (Lipinski definition) is 5. The summed E-state index contributed by atoms with van der Waals surface area (Å²) in [7, 11) is 0. The van der Waals surface area contributed by atoms with E-state index >= 15 is 0 Å². The molecule has 0 atom stereocenters. The van der Waals surface area contributed by atoms with Gasteiger partial charge in [-0.25, -0.2) is 4.79 Å². The predicted molar refractivity (Wildman–Crippen MR) is 111 cm³/mol. The van der Waals surface area contributed by atoms with E-state index < -0.39 is 5.97 Å². The van der Waals surface area contributed by atoms with Crippen molar-refractivity contribution in [2.24, 2.45) is 0 Å². The van der Waals surface area contributed by atoms with Crippen LogP contribution in [0.1, 0.15) is 48.5 Å². The molecule has 0 aliphatic heterocycles. The highest BCUT2D eigenvalue weighted by Gasteiger charge is 2.09. The van der Waals surface area contributed by atoms with Crippen molar-refractivity contribution in [3.05, 3.63) is 65.7 Å². The van der Waals surface area contributed by atoms with Crippen LogP contribution in [0.5, 0.6) is 0 Å². The Labute approximate surface area is 171 Å². The number of carbonyl (C=O) groups excluding carboxylic acids is 3. The topological polar surface area (TPSA) is 81.7 Å². The fourth-order valence-corrected chi connectivity index (χ4v) is 2.70. The van der Waals surface area contributed by atoms with E-state index in [1.807, 2.05) is 30.3 Å². The summed E-state index contributed by atoms with van der Waals surface area (Å²) in [5.41, 5.74) is 2.24. The molecule has 0 radical (unpaired) electrons. The largest absolute Gasteiger partial charge is 0.466 e. The zero-order valence-corrected chi connectivity index (χ0v) is 16.7. The number of nitrogens with one attached hydrogen (secondary N) is 1. The first-order chi connectivity index (χ1) is 14.1. The smallest absolute Gasteiger partial charge is 0.338 e. The molecule has 1 amide bonds. The van der Waals surface area contributed by atoms with Crippen LogP contribution < -0.4 is 5.32 Å². The minimum atomic E-state index is -0.396. The predicted octanol–water partition coefficient (Wildman–Crippen LogP) is 4.15. The number of anilines is 1. The fraction of sp³-hybridized carbons (Fsp3) is 0.348. The number of aryl methyl sites for hydroxylation is 1. The van der Waals surface area contributed by atoms with Gasteiger partial charge in [0.15, 0.2) is 0 Å². The van der Waals surface area contributed by atoms with Crippen LogP contribution in [0.25, 0.3) is 0 Å². The third-order valence-corrected chi connectivity index (χ3v) is 4.18. The van der Waals surface area contributed by atoms with Crippen LogP contribution in [0.2, 0.25) is 0 Å². The van der Waals surface area contributed by atoms with Crippen molar-refractivity contribution in [3.8, 4) is 0 Å². The van der Waals surface area contributed by atoms with Crippen LogP contribution in [0.3, 0.4) is 0 Å². The van der Waals surface area contributed by atoms with Crippen molar-refractivity contribution < 1.29 is 23.9 Å². The number of ether oxygens (including phenoxy) is 2. The van der Waals surface area contributed by atoms with E-state index in [1.54, 1.807) is 31.2 Å². The third-order valence-electron chi connectivity index (χ3n) is 4.18. The van der Waals surface area contributed by atoms with Crippen molar-refractivity contribution in [2.45, 2.75) is 39.0 Å². The lowest BCUT2D eigenvalue weighted by molar-refractivity contribution is -0.143. The van der Waals surface area contributed by atoms with E-state index in [2.05, 4.69) is 5.32 Å². The zero-order chi connectivity index (χ0) is 20.9. The minimum absolute atomic E-state index is 0.189. The molecule has 154 valence electrons. The summed E-state index contributed by atoms with van der Waals surface area (Å²) in [6.07, 6.45) is 2.49. The maximum Gasteiger partial charge on any atom is 0.338 e. The van der Waals surface area contributed by atoms with Crippen LogP contribution in [0.4, 0.5) is 5.69 Å². The van der Waals surface area contributed by atoms with Gasteiger partial charge in [0.05, 0.1) is 18.8 Å². The first kappa shape index (κ1) is 22.1. The number of benzene rings is 2. The van der Waals surface area contributed by atoms with Gasteiger partial charge in [0.25, 0.3) is 0 Å². The molecule has 2 aromatic rings. The van der Waals surface area contributed by atoms with Crippen molar-refractivity contribution in [1.82, 2.24) is 0 Å². The van der Waals surface area contributed by atoms with Gasteiger partial charge in [-0.15, -0.1) is 0 Å². The lowest BCUT2D eigenvalue weighted by Gasteiger charge is -2.07. The number of amides is 1. The van der Waals surface area contributed by atoms with E-state index in [0.29, 0.717) is 30.9 Å². The van der Waals surface area contributed by atoms with Crippen molar-refractivity contribution in [1.29, 1.82) is 0 Å². The molecule has 0 aliphatic rings. The van der Waals surface area contributed by atoms with Gasteiger partial charge in [-0.1, -0.05) is 30.3 Å². The fourth-order valence-electron chi connectivity index (χ4n) is 2.70. The van der Waals surface area contributed by atoms with Crippen molar-refractivity contribution >= 4 is 23.5 Å². The second-order valence-corrected chi connectivity index (χ2v) is 6.51. The molecule has 0 heterocycles. The van der Waals surface area contributed by atoms with Gasteiger partial charge >= 0.3 is 11.9 Å². The van der Waals surface area contributed by atoms with Crippen LogP contribution in [-0.4, -0.2) is 31.1 Å². The van der Waals surface area contributed by atoms with Gasteiger partial charge in [-0.2, -0.15) is 0 Å². The molecule has 29 heavy (non-hydrogen) atoms. The molecule has 1 N–H and O–H groups in total. The highest BCUT2D eigenvalue weighted by Crippen LogP contribution is 2.12. The Hall–Kier alpha value is -3.15. The summed E-state index contributed by atoms with van der Waals surface area (Å²) < 4.78 is 10.1. The number of rotatable bonds is 11. The van der Waals surface area contributed by atoms with E-state index in [0.717, 1.165) is 12.8 Å². The maximum atomic E-state index is 12.0. The van der Waals surface area contributed by atoms with Crippen LogP contribution in [0, 0.1) is 0 Å². The highest BCUT2D eigenvalue weighted by molar-refractivity contribution is 5.93. The lowest BCUT2D eigenvalue weighted by Crippen LogP contribution is -2.13. The summed E-state index contributed by atoms with van der Waals surface area (Å²) in [6, 6.07) is 16.5. The SMILES string of the molecule is CCOC(=O)c1ccc(NC(=O)CCCC(=O)OCCCc2ccccc2)cc1. The molecule has 0 spiro atoms.